The molecule has 0 aliphatic rings. The molecule has 2 aromatic carbocycles. The van der Waals surface area contributed by atoms with Crippen molar-refractivity contribution in [1.82, 2.24) is 15.0 Å². The average molecular weight is 835 g/mol. The van der Waals surface area contributed by atoms with E-state index in [1.807, 2.05) is 55.7 Å². The number of furan rings is 1. The molecule has 4 heterocycles. The van der Waals surface area contributed by atoms with Gasteiger partial charge in [0.1, 0.15) is 5.58 Å². The van der Waals surface area contributed by atoms with E-state index in [0.717, 1.165) is 56.6 Å². The zero-order valence-electron chi connectivity index (χ0n) is 27.9. The van der Waals surface area contributed by atoms with Gasteiger partial charge >= 0.3 is 126 Å². The Morgan fingerprint density at radius 3 is 2.29 bits per heavy atom. The number of pyridine rings is 3. The van der Waals surface area contributed by atoms with E-state index in [2.05, 4.69) is 104 Å². The van der Waals surface area contributed by atoms with Gasteiger partial charge in [-0.05, 0) is 29.7 Å². The summed E-state index contributed by atoms with van der Waals surface area (Å²) in [7, 11) is 0. The maximum atomic E-state index is 6.13. The SMILES string of the molecule is CC(C)Cc1cc(-c2[c-]cccc2)nc[c]1[Ge]([CH3])([CH3])[CH3].Cc1cc2oc3c(-c4cc(C(C)(C)C)ccn4)[c-]ccc3c2cn1.[Ir]. The average Bonchev–Trinajstić information content (AvgIpc) is 3.34. The molecule has 0 saturated carbocycles. The Hall–Kier alpha value is -3.12. The normalized spacial score (nSPS) is 11.8. The van der Waals surface area contributed by atoms with Crippen LogP contribution in [0.4, 0.5) is 0 Å². The van der Waals surface area contributed by atoms with Crippen molar-refractivity contribution >= 4 is 39.6 Å². The molecule has 0 aliphatic heterocycles. The Bertz CT molecular complexity index is 1900. The van der Waals surface area contributed by atoms with Crippen molar-refractivity contribution < 1.29 is 24.5 Å². The first kappa shape index (κ1) is 34.7. The Kier molecular flexibility index (Phi) is 10.9. The maximum absolute atomic E-state index is 6.13. The Morgan fingerprint density at radius 1 is 0.844 bits per heavy atom. The van der Waals surface area contributed by atoms with Crippen molar-refractivity contribution in [3.8, 4) is 22.5 Å². The van der Waals surface area contributed by atoms with Crippen LogP contribution in [0.25, 0.3) is 44.5 Å². The minimum atomic E-state index is -1.86. The predicted molar refractivity (Wildman–Crippen MR) is 187 cm³/mol. The van der Waals surface area contributed by atoms with Crippen LogP contribution in [0.1, 0.15) is 51.4 Å². The molecule has 4 nitrogen and oxygen atoms in total. The molecule has 6 heteroatoms. The third kappa shape index (κ3) is 8.19. The van der Waals surface area contributed by atoms with Gasteiger partial charge in [0, 0.05) is 49.6 Å². The van der Waals surface area contributed by atoms with Crippen LogP contribution in [0, 0.1) is 25.0 Å². The van der Waals surface area contributed by atoms with Gasteiger partial charge < -0.3 is 9.40 Å². The van der Waals surface area contributed by atoms with Gasteiger partial charge in [-0.25, -0.2) is 0 Å². The number of aryl methyl sites for hydroxylation is 1. The van der Waals surface area contributed by atoms with Crippen LogP contribution in [0.2, 0.25) is 17.3 Å². The van der Waals surface area contributed by atoms with Crippen LogP contribution in [0.15, 0.2) is 83.7 Å². The summed E-state index contributed by atoms with van der Waals surface area (Å²) in [5.41, 5.74) is 9.34. The van der Waals surface area contributed by atoms with Crippen molar-refractivity contribution in [3.63, 3.8) is 0 Å². The third-order valence-electron chi connectivity index (χ3n) is 7.75. The molecular formula is C39H43GeIrN3O-2. The van der Waals surface area contributed by atoms with E-state index >= 15 is 0 Å². The first-order valence-electron chi connectivity index (χ1n) is 15.4. The second-order valence-corrected chi connectivity index (χ2v) is 24.6. The number of fused-ring (bicyclic) bond motifs is 3. The monoisotopic (exact) mass is 836 g/mol. The second kappa shape index (κ2) is 14.1. The molecular weight excluding hydrogens is 791 g/mol. The fourth-order valence-corrected chi connectivity index (χ4v) is 8.77. The Labute approximate surface area is 284 Å². The van der Waals surface area contributed by atoms with Crippen LogP contribution < -0.4 is 4.40 Å². The fourth-order valence-electron chi connectivity index (χ4n) is 5.44. The van der Waals surface area contributed by atoms with Crippen molar-refractivity contribution in [2.75, 3.05) is 0 Å². The Morgan fingerprint density at radius 2 is 1.62 bits per heavy atom. The summed E-state index contributed by atoms with van der Waals surface area (Å²) >= 11 is -1.86. The van der Waals surface area contributed by atoms with Crippen molar-refractivity contribution in [3.05, 3.63) is 108 Å². The van der Waals surface area contributed by atoms with E-state index in [4.69, 9.17) is 9.40 Å². The first-order valence-corrected chi connectivity index (χ1v) is 22.8. The van der Waals surface area contributed by atoms with Gasteiger partial charge in [-0.2, -0.15) is 0 Å². The Balaban J connectivity index is 0.000000204. The summed E-state index contributed by atoms with van der Waals surface area (Å²) in [5.74, 6) is 7.99. The summed E-state index contributed by atoms with van der Waals surface area (Å²) < 4.78 is 7.67. The molecule has 0 amide bonds. The number of aromatic nitrogens is 3. The summed E-state index contributed by atoms with van der Waals surface area (Å²) in [4.78, 5) is 13.6. The molecule has 0 spiro atoms. The molecule has 1 radical (unpaired) electrons. The minimum absolute atomic E-state index is 0. The quantitative estimate of drug-likeness (QED) is 0.128. The van der Waals surface area contributed by atoms with Crippen LogP contribution >= 0.6 is 0 Å². The third-order valence-corrected chi connectivity index (χ3v) is 12.1. The molecule has 0 atom stereocenters. The van der Waals surface area contributed by atoms with E-state index in [1.165, 1.54) is 11.1 Å². The summed E-state index contributed by atoms with van der Waals surface area (Å²) in [6.07, 6.45) is 7.00. The molecule has 0 bridgehead atoms. The van der Waals surface area contributed by atoms with Gasteiger partial charge in [0.2, 0.25) is 0 Å². The minimum Gasteiger partial charge on any atom is -0.500 e. The van der Waals surface area contributed by atoms with Gasteiger partial charge in [0.25, 0.3) is 0 Å². The van der Waals surface area contributed by atoms with Crippen LogP contribution in [0.3, 0.4) is 0 Å². The van der Waals surface area contributed by atoms with E-state index in [0.29, 0.717) is 5.92 Å². The fraction of sp³-hybridized carbons (Fsp3) is 0.308. The van der Waals surface area contributed by atoms with Crippen LogP contribution in [-0.2, 0) is 31.9 Å². The predicted octanol–water partition coefficient (Wildman–Crippen LogP) is 9.74. The number of hydrogen-bond acceptors (Lipinski definition) is 4. The van der Waals surface area contributed by atoms with Crippen LogP contribution in [-0.4, -0.2) is 28.2 Å². The summed E-state index contributed by atoms with van der Waals surface area (Å²) in [6.45, 7) is 13.1. The topological polar surface area (TPSA) is 51.8 Å². The molecule has 0 unspecified atom stereocenters. The molecule has 6 rings (SSSR count). The van der Waals surface area contributed by atoms with Gasteiger partial charge in [-0.3, -0.25) is 4.98 Å². The first-order chi connectivity index (χ1) is 20.8. The molecule has 0 N–H and O–H groups in total. The molecule has 0 aliphatic carbocycles. The van der Waals surface area contributed by atoms with E-state index in [-0.39, 0.29) is 25.5 Å². The molecule has 4 aromatic heterocycles. The zero-order chi connectivity index (χ0) is 31.6. The van der Waals surface area contributed by atoms with Crippen molar-refractivity contribution in [2.45, 2.75) is 70.6 Å². The van der Waals surface area contributed by atoms with Gasteiger partial charge in [0.05, 0.1) is 5.58 Å². The van der Waals surface area contributed by atoms with Gasteiger partial charge in [-0.15, -0.1) is 18.2 Å². The number of rotatable bonds is 5. The second-order valence-electron chi connectivity index (χ2n) is 14.1. The standard InChI is InChI=1S/C21H19N2O.C18H24GeN.Ir/c1-13-10-19-17(12-23-13)15-6-5-7-16(20(15)24-19)18-11-14(8-9-22-18)21(2,3)4;1-14(2)11-16-12-18(15-9-7-6-8-10-15)20-13-17(16)19(3,4)5;/h5-6,8-12H,1-4H3;6-9,12-14H,11H2,1-5H3;/q2*-1;. The van der Waals surface area contributed by atoms with Crippen LogP contribution in [0.5, 0.6) is 0 Å². The smallest absolute Gasteiger partial charge is 0.124 e. The zero-order valence-corrected chi connectivity index (χ0v) is 32.4. The molecule has 235 valence electrons. The maximum Gasteiger partial charge on any atom is 0.124 e. The van der Waals surface area contributed by atoms with Gasteiger partial charge in [-0.1, -0.05) is 37.8 Å². The van der Waals surface area contributed by atoms with Crippen molar-refractivity contribution in [2.24, 2.45) is 5.92 Å². The number of hydrogen-bond donors (Lipinski definition) is 0. The van der Waals surface area contributed by atoms with E-state index < -0.39 is 13.3 Å². The summed E-state index contributed by atoms with van der Waals surface area (Å²) in [5, 5.41) is 2.08. The summed E-state index contributed by atoms with van der Waals surface area (Å²) in [6, 6.07) is 27.1. The van der Waals surface area contributed by atoms with E-state index in [9.17, 15) is 0 Å². The number of benzene rings is 2. The molecule has 0 saturated heterocycles. The largest absolute Gasteiger partial charge is 0.500 e. The number of nitrogens with zero attached hydrogens (tertiary/aromatic N) is 3. The van der Waals surface area contributed by atoms with Gasteiger partial charge in [0.15, 0.2) is 0 Å². The van der Waals surface area contributed by atoms with E-state index in [1.54, 1.807) is 4.40 Å². The van der Waals surface area contributed by atoms with Crippen molar-refractivity contribution in [1.29, 1.82) is 0 Å². The molecule has 45 heavy (non-hydrogen) atoms. The molecule has 6 aromatic rings. The molecule has 0 fully saturated rings.